The van der Waals surface area contributed by atoms with Crippen LogP contribution in [0.15, 0.2) is 24.5 Å². The van der Waals surface area contributed by atoms with Gasteiger partial charge in [0.25, 0.3) is 0 Å². The highest BCUT2D eigenvalue weighted by Gasteiger charge is 2.44. The van der Waals surface area contributed by atoms with Gasteiger partial charge in [0.05, 0.1) is 11.4 Å². The topological polar surface area (TPSA) is 71.1 Å². The first-order valence-electron chi connectivity index (χ1n) is 38.5. The van der Waals surface area contributed by atoms with Crippen molar-refractivity contribution >= 4 is 0 Å². The van der Waals surface area contributed by atoms with Gasteiger partial charge in [0.15, 0.2) is 0 Å². The zero-order valence-corrected chi connectivity index (χ0v) is 65.6. The zero-order chi connectivity index (χ0) is 68.9. The highest BCUT2D eigenvalue weighted by Crippen LogP contribution is 2.53. The third kappa shape index (κ3) is 40.1. The fourth-order valence-electron chi connectivity index (χ4n) is 14.4. The van der Waals surface area contributed by atoms with Gasteiger partial charge in [-0.2, -0.15) is 0 Å². The first kappa shape index (κ1) is 86.0. The van der Waals surface area contributed by atoms with Gasteiger partial charge in [0.1, 0.15) is 0 Å². The largest absolute Gasteiger partial charge is 0.309 e. The molecule has 0 saturated carbocycles. The molecule has 0 unspecified atom stereocenters. The minimum atomic E-state index is -0.0352. The maximum Gasteiger partial charge on any atom is 0.0930 e. The fourth-order valence-corrected chi connectivity index (χ4v) is 14.4. The molecule has 94 heavy (non-hydrogen) atoms. The molecule has 2 aromatic heterocycles. The molecule has 1 aliphatic carbocycles. The van der Waals surface area contributed by atoms with Gasteiger partial charge in [-0.15, -0.1) is 0 Å². The van der Waals surface area contributed by atoms with E-state index in [9.17, 15) is 0 Å². The van der Waals surface area contributed by atoms with Crippen LogP contribution in [0.4, 0.5) is 0 Å². The van der Waals surface area contributed by atoms with Crippen LogP contribution in [0.1, 0.15) is 170 Å². The summed E-state index contributed by atoms with van der Waals surface area (Å²) in [6.07, 6.45) is 33.0. The minimum absolute atomic E-state index is 0.0352. The summed E-state index contributed by atoms with van der Waals surface area (Å²) in [5.41, 5.74) is 7.72. The van der Waals surface area contributed by atoms with Crippen LogP contribution in [-0.4, -0.2) is 361 Å². The molecule has 0 saturated heterocycles. The van der Waals surface area contributed by atoms with Gasteiger partial charge in [-0.1, -0.05) is 50.7 Å². The summed E-state index contributed by atoms with van der Waals surface area (Å²) in [7, 11) is 35.5. The van der Waals surface area contributed by atoms with E-state index in [2.05, 4.69) is 220 Å². The second kappa shape index (κ2) is 51.8. The fraction of sp³-hybridized carbons (Fsp3) is 0.872. The molecule has 1 aliphatic rings. The lowest BCUT2D eigenvalue weighted by atomic mass is 9.70. The number of fused-ring (bicyclic) bond motifs is 3. The highest BCUT2D eigenvalue weighted by molar-refractivity contribution is 5.75. The van der Waals surface area contributed by atoms with E-state index in [4.69, 9.17) is 9.97 Å². The number of hydrogen-bond acceptors (Lipinski definition) is 16. The number of hydrogen-bond donors (Lipinski definition) is 0. The second-order valence-electron chi connectivity index (χ2n) is 31.3. The van der Waals surface area contributed by atoms with E-state index in [1.54, 1.807) is 0 Å². The Labute approximate surface area is 583 Å². The highest BCUT2D eigenvalue weighted by atomic mass is 15.2. The monoisotopic (exact) mass is 1320 g/mol. The van der Waals surface area contributed by atoms with Crippen LogP contribution >= 0.6 is 0 Å². The van der Waals surface area contributed by atoms with Crippen LogP contribution in [0.5, 0.6) is 0 Å². The number of rotatable bonds is 63. The van der Waals surface area contributed by atoms with Crippen molar-refractivity contribution in [1.29, 1.82) is 0 Å². The summed E-state index contributed by atoms with van der Waals surface area (Å²) >= 11 is 0. The molecule has 0 atom stereocenters. The first-order valence-corrected chi connectivity index (χ1v) is 38.5. The van der Waals surface area contributed by atoms with Gasteiger partial charge in [-0.05, 0) is 428 Å². The van der Waals surface area contributed by atoms with E-state index in [-0.39, 0.29) is 5.41 Å². The van der Waals surface area contributed by atoms with Crippen LogP contribution in [0.3, 0.4) is 0 Å². The molecule has 0 aromatic carbocycles. The van der Waals surface area contributed by atoms with E-state index in [1.807, 2.05) is 0 Å². The molecular formula is C78H156N16. The number of aryl methyl sites for hydroxylation is 2. The molecule has 16 heteroatoms. The normalized spacial score (nSPS) is 13.5. The van der Waals surface area contributed by atoms with E-state index in [1.165, 1.54) is 294 Å². The summed E-state index contributed by atoms with van der Waals surface area (Å²) in [5, 5.41) is 0. The quantitative estimate of drug-likeness (QED) is 0.0590. The third-order valence-corrected chi connectivity index (χ3v) is 19.6. The Bertz CT molecular complexity index is 1980. The smallest absolute Gasteiger partial charge is 0.0930 e. The maximum absolute atomic E-state index is 5.19. The van der Waals surface area contributed by atoms with Crippen LogP contribution in [0, 0.1) is 13.8 Å². The SMILES string of the molecule is Cc1cnc2c(c1)C(CCCCCCN(CCCN(CCCCN(C)C)CCCN(C)C)CCCN(CCCN(C)C)CCCN(C)C)(CCCCCCN(CCCN(CCCN(C)C)CCCN(C)C)CCCN(CCCN(C)C)CCCN(C)C)c1cc(C)cnc1-2. The summed E-state index contributed by atoms with van der Waals surface area (Å²) in [6.45, 7) is 35.5. The van der Waals surface area contributed by atoms with Crippen LogP contribution in [0.2, 0.25) is 0 Å². The molecule has 0 N–H and O–H groups in total. The number of pyridine rings is 2. The Morgan fingerprint density at radius 3 is 0.617 bits per heavy atom. The van der Waals surface area contributed by atoms with Crippen LogP contribution < -0.4 is 0 Å². The Balaban J connectivity index is 1.77. The van der Waals surface area contributed by atoms with Gasteiger partial charge >= 0.3 is 0 Å². The van der Waals surface area contributed by atoms with E-state index < -0.39 is 0 Å². The molecule has 16 nitrogen and oxygen atoms in total. The van der Waals surface area contributed by atoms with Gasteiger partial charge < -0.3 is 68.6 Å². The Kier molecular flexibility index (Phi) is 47.4. The average molecular weight is 1320 g/mol. The molecule has 0 fully saturated rings. The Morgan fingerprint density at radius 2 is 0.394 bits per heavy atom. The van der Waals surface area contributed by atoms with Crippen LogP contribution in [-0.2, 0) is 5.41 Å². The van der Waals surface area contributed by atoms with Crippen molar-refractivity contribution in [2.24, 2.45) is 0 Å². The second-order valence-corrected chi connectivity index (χ2v) is 31.3. The van der Waals surface area contributed by atoms with Gasteiger partial charge in [-0.3, -0.25) is 9.97 Å². The lowest BCUT2D eigenvalue weighted by molar-refractivity contribution is 0.193. The summed E-state index contributed by atoms with van der Waals surface area (Å²) in [6, 6.07) is 5.01. The number of aromatic nitrogens is 2. The van der Waals surface area contributed by atoms with Crippen molar-refractivity contribution in [3.8, 4) is 11.4 Å². The zero-order valence-electron chi connectivity index (χ0n) is 65.6. The molecule has 2 heterocycles. The molecule has 548 valence electrons. The number of unbranched alkanes of at least 4 members (excludes halogenated alkanes) is 7. The molecule has 0 radical (unpaired) electrons. The lowest BCUT2D eigenvalue weighted by Gasteiger charge is -2.33. The maximum atomic E-state index is 5.19. The predicted octanol–water partition coefficient (Wildman–Crippen LogP) is 10.6. The van der Waals surface area contributed by atoms with Crippen molar-refractivity contribution in [2.45, 2.75) is 167 Å². The summed E-state index contributed by atoms with van der Waals surface area (Å²) in [4.78, 5) is 46.0. The van der Waals surface area contributed by atoms with Crippen LogP contribution in [0.25, 0.3) is 11.4 Å². The van der Waals surface area contributed by atoms with Crippen molar-refractivity contribution in [2.75, 3.05) is 283 Å². The van der Waals surface area contributed by atoms with Gasteiger partial charge in [-0.25, -0.2) is 0 Å². The Morgan fingerprint density at radius 1 is 0.223 bits per heavy atom. The molecule has 0 spiro atoms. The standard InChI is InChI=1S/C78H156N16/c1-72-68-74-76(79-70-72)77-75(69-73(2)71-80-77)78(74,41-24-20-22-26-51-90(62-38-66-93(56-32-46-85(11)12)57-33-47-86(13)14)63-39-67-94(58-34-48-87(15)16)59-35-49-88(17)18)40-23-19-21-25-50-89(61-37-65-92(54-30-44-83(7)8)55-31-45-84(9)10)60-36-64-91(53-29-43-82(5)6)52-28-27-42-81(3)4/h68-71H,19-67H2,1-18H3. The summed E-state index contributed by atoms with van der Waals surface area (Å²) < 4.78 is 0. The van der Waals surface area contributed by atoms with Crippen molar-refractivity contribution in [3.05, 3.63) is 46.8 Å². The minimum Gasteiger partial charge on any atom is -0.309 e. The number of nitrogens with zero attached hydrogens (tertiary/aromatic N) is 16. The van der Waals surface area contributed by atoms with Gasteiger partial charge in [0, 0.05) is 17.8 Å². The van der Waals surface area contributed by atoms with Crippen molar-refractivity contribution < 1.29 is 0 Å². The van der Waals surface area contributed by atoms with Crippen molar-refractivity contribution in [1.82, 2.24) is 78.6 Å². The predicted molar refractivity (Wildman–Crippen MR) is 411 cm³/mol. The first-order chi connectivity index (χ1) is 45.1. The van der Waals surface area contributed by atoms with E-state index in [0.29, 0.717) is 0 Å². The van der Waals surface area contributed by atoms with Gasteiger partial charge in [0.2, 0.25) is 0 Å². The molecule has 0 aliphatic heterocycles. The Hall–Kier alpha value is -2.26. The molecule has 0 bridgehead atoms. The third-order valence-electron chi connectivity index (χ3n) is 19.6. The van der Waals surface area contributed by atoms with E-state index in [0.717, 1.165) is 57.2 Å². The van der Waals surface area contributed by atoms with E-state index >= 15 is 0 Å². The van der Waals surface area contributed by atoms with Crippen molar-refractivity contribution in [3.63, 3.8) is 0 Å². The molecule has 3 rings (SSSR count). The average Bonchev–Trinajstić information content (AvgIpc) is 1.57. The summed E-state index contributed by atoms with van der Waals surface area (Å²) in [5.74, 6) is 0. The molecular weight excluding hydrogens is 1160 g/mol. The molecule has 2 aromatic rings. The lowest BCUT2D eigenvalue weighted by Crippen LogP contribution is -2.36. The molecule has 0 amide bonds.